The van der Waals surface area contributed by atoms with Crippen molar-refractivity contribution in [2.45, 2.75) is 12.8 Å². The van der Waals surface area contributed by atoms with Gasteiger partial charge in [0, 0.05) is 55.2 Å². The Labute approximate surface area is 151 Å². The van der Waals surface area contributed by atoms with E-state index in [1.807, 2.05) is 18.2 Å². The van der Waals surface area contributed by atoms with Crippen molar-refractivity contribution in [1.82, 2.24) is 15.5 Å². The van der Waals surface area contributed by atoms with Crippen LogP contribution < -0.4 is 10.6 Å². The lowest BCUT2D eigenvalue weighted by Crippen LogP contribution is -2.46. The van der Waals surface area contributed by atoms with E-state index in [9.17, 15) is 4.79 Å². The number of piperazine rings is 1. The Hall–Kier alpha value is -0.330. The molecular formula is C15H22BrCl2N3O. The van der Waals surface area contributed by atoms with Crippen LogP contribution in [0.5, 0.6) is 0 Å². The Morgan fingerprint density at radius 1 is 1.36 bits per heavy atom. The van der Waals surface area contributed by atoms with Crippen molar-refractivity contribution < 1.29 is 4.79 Å². The summed E-state index contributed by atoms with van der Waals surface area (Å²) in [6.45, 7) is 5.84. The third-order valence-corrected chi connectivity index (χ3v) is 4.60. The van der Waals surface area contributed by atoms with Crippen molar-refractivity contribution >= 4 is 45.8 Å². The highest BCUT2D eigenvalue weighted by Gasteiger charge is 2.10. The van der Waals surface area contributed by atoms with E-state index in [2.05, 4.69) is 31.5 Å². The van der Waals surface area contributed by atoms with Crippen LogP contribution in [0.2, 0.25) is 5.02 Å². The van der Waals surface area contributed by atoms with Gasteiger partial charge in [0.2, 0.25) is 5.91 Å². The fourth-order valence-corrected chi connectivity index (χ4v) is 3.00. The molecule has 0 aromatic heterocycles. The summed E-state index contributed by atoms with van der Waals surface area (Å²) in [7, 11) is 0. The van der Waals surface area contributed by atoms with E-state index in [4.69, 9.17) is 11.6 Å². The van der Waals surface area contributed by atoms with Gasteiger partial charge < -0.3 is 10.6 Å². The summed E-state index contributed by atoms with van der Waals surface area (Å²) in [5.74, 6) is 0.0945. The van der Waals surface area contributed by atoms with E-state index in [1.54, 1.807) is 0 Å². The number of hydrogen-bond acceptors (Lipinski definition) is 3. The van der Waals surface area contributed by atoms with Gasteiger partial charge in [0.05, 0.1) is 0 Å². The minimum absolute atomic E-state index is 0. The van der Waals surface area contributed by atoms with Crippen molar-refractivity contribution in [2.24, 2.45) is 0 Å². The van der Waals surface area contributed by atoms with Gasteiger partial charge in [0.1, 0.15) is 0 Å². The van der Waals surface area contributed by atoms with E-state index in [1.165, 1.54) is 0 Å². The molecule has 1 heterocycles. The third kappa shape index (κ3) is 6.84. The average molecular weight is 411 g/mol. The van der Waals surface area contributed by atoms with Gasteiger partial charge in [-0.25, -0.2) is 0 Å². The van der Waals surface area contributed by atoms with E-state index in [0.717, 1.165) is 49.3 Å². The van der Waals surface area contributed by atoms with Crippen LogP contribution >= 0.6 is 39.9 Å². The lowest BCUT2D eigenvalue weighted by Gasteiger charge is -2.27. The first-order chi connectivity index (χ1) is 10.1. The smallest absolute Gasteiger partial charge is 0.220 e. The fourth-order valence-electron chi connectivity index (χ4n) is 2.36. The number of carbonyl (C=O) groups excluding carboxylic acids is 1. The zero-order valence-electron chi connectivity index (χ0n) is 12.4. The van der Waals surface area contributed by atoms with Crippen molar-refractivity contribution in [3.05, 3.63) is 33.3 Å². The summed E-state index contributed by atoms with van der Waals surface area (Å²) in [6.07, 6.45) is 1.18. The topological polar surface area (TPSA) is 44.4 Å². The fraction of sp³-hybridized carbons (Fsp3) is 0.533. The summed E-state index contributed by atoms with van der Waals surface area (Å²) >= 11 is 9.45. The Kier molecular flexibility index (Phi) is 9.36. The predicted octanol–water partition coefficient (Wildman–Crippen LogP) is 2.48. The minimum Gasteiger partial charge on any atom is -0.355 e. The van der Waals surface area contributed by atoms with Crippen molar-refractivity contribution in [2.75, 3.05) is 39.3 Å². The van der Waals surface area contributed by atoms with E-state index in [-0.39, 0.29) is 18.3 Å². The highest BCUT2D eigenvalue weighted by Crippen LogP contribution is 2.22. The molecule has 22 heavy (non-hydrogen) atoms. The highest BCUT2D eigenvalue weighted by atomic mass is 79.9. The first kappa shape index (κ1) is 19.7. The van der Waals surface area contributed by atoms with Crippen molar-refractivity contribution in [3.8, 4) is 0 Å². The Morgan fingerprint density at radius 2 is 2.09 bits per heavy atom. The summed E-state index contributed by atoms with van der Waals surface area (Å²) < 4.78 is 1.00. The molecule has 0 radical (unpaired) electrons. The number of nitrogens with zero attached hydrogens (tertiary/aromatic N) is 1. The van der Waals surface area contributed by atoms with Gasteiger partial charge in [-0.15, -0.1) is 12.4 Å². The number of aryl methyl sites for hydroxylation is 1. The van der Waals surface area contributed by atoms with Gasteiger partial charge in [-0.1, -0.05) is 27.5 Å². The molecule has 1 aliphatic heterocycles. The molecule has 7 heteroatoms. The Morgan fingerprint density at radius 3 is 2.82 bits per heavy atom. The summed E-state index contributed by atoms with van der Waals surface area (Å²) in [5, 5.41) is 7.00. The molecule has 1 aromatic rings. The standard InChI is InChI=1S/C15H21BrClN3O.ClH/c16-14-3-2-13(17)11-12(14)1-4-15(21)19-7-10-20-8-5-18-6-9-20;/h2-3,11,18H,1,4-10H2,(H,19,21);1H. The molecule has 124 valence electrons. The summed E-state index contributed by atoms with van der Waals surface area (Å²) in [6, 6.07) is 5.66. The molecule has 1 fully saturated rings. The summed E-state index contributed by atoms with van der Waals surface area (Å²) in [4.78, 5) is 14.2. The van der Waals surface area contributed by atoms with Crippen LogP contribution in [0, 0.1) is 0 Å². The maximum Gasteiger partial charge on any atom is 0.220 e. The van der Waals surface area contributed by atoms with Gasteiger partial charge in [-0.3, -0.25) is 9.69 Å². The van der Waals surface area contributed by atoms with Gasteiger partial charge in [-0.2, -0.15) is 0 Å². The zero-order valence-corrected chi connectivity index (χ0v) is 15.6. The molecule has 1 saturated heterocycles. The van der Waals surface area contributed by atoms with Gasteiger partial charge in [0.25, 0.3) is 0 Å². The van der Waals surface area contributed by atoms with Crippen LogP contribution in [0.4, 0.5) is 0 Å². The van der Waals surface area contributed by atoms with Crippen molar-refractivity contribution in [3.63, 3.8) is 0 Å². The van der Waals surface area contributed by atoms with Crippen LogP contribution in [0.3, 0.4) is 0 Å². The largest absolute Gasteiger partial charge is 0.355 e. The first-order valence-corrected chi connectivity index (χ1v) is 8.46. The third-order valence-electron chi connectivity index (χ3n) is 3.59. The maximum atomic E-state index is 11.9. The molecule has 1 amide bonds. The molecule has 0 unspecified atom stereocenters. The number of hydrogen-bond donors (Lipinski definition) is 2. The quantitative estimate of drug-likeness (QED) is 0.757. The molecular weight excluding hydrogens is 389 g/mol. The van der Waals surface area contributed by atoms with E-state index >= 15 is 0 Å². The predicted molar refractivity (Wildman–Crippen MR) is 97.0 cm³/mol. The SMILES string of the molecule is Cl.O=C(CCc1cc(Cl)ccc1Br)NCCN1CCNCC1. The molecule has 0 bridgehead atoms. The molecule has 0 spiro atoms. The molecule has 1 aliphatic rings. The first-order valence-electron chi connectivity index (χ1n) is 7.29. The van der Waals surface area contributed by atoms with E-state index in [0.29, 0.717) is 17.9 Å². The molecule has 0 saturated carbocycles. The van der Waals surface area contributed by atoms with Gasteiger partial charge >= 0.3 is 0 Å². The highest BCUT2D eigenvalue weighted by molar-refractivity contribution is 9.10. The minimum atomic E-state index is 0. The van der Waals surface area contributed by atoms with Crippen molar-refractivity contribution in [1.29, 1.82) is 0 Å². The molecule has 0 aliphatic carbocycles. The number of carbonyl (C=O) groups is 1. The molecule has 2 N–H and O–H groups in total. The Balaban J connectivity index is 0.00000242. The number of benzene rings is 1. The second-order valence-corrected chi connectivity index (χ2v) is 6.47. The maximum absolute atomic E-state index is 11.9. The monoisotopic (exact) mass is 409 g/mol. The molecule has 2 rings (SSSR count). The van der Waals surface area contributed by atoms with Gasteiger partial charge in [-0.05, 0) is 30.2 Å². The van der Waals surface area contributed by atoms with Gasteiger partial charge in [0.15, 0.2) is 0 Å². The second-order valence-electron chi connectivity index (χ2n) is 5.18. The second kappa shape index (κ2) is 10.4. The summed E-state index contributed by atoms with van der Waals surface area (Å²) in [5.41, 5.74) is 1.07. The Bertz CT molecular complexity index is 482. The van der Waals surface area contributed by atoms with Crippen LogP contribution in [0.15, 0.2) is 22.7 Å². The number of nitrogens with one attached hydrogen (secondary N) is 2. The number of amides is 1. The molecule has 4 nitrogen and oxygen atoms in total. The van der Waals surface area contributed by atoms with E-state index < -0.39 is 0 Å². The average Bonchev–Trinajstić information content (AvgIpc) is 2.49. The normalized spacial score (nSPS) is 15.2. The lowest BCUT2D eigenvalue weighted by atomic mass is 10.1. The van der Waals surface area contributed by atoms with Crippen LogP contribution in [0.1, 0.15) is 12.0 Å². The molecule has 1 aromatic carbocycles. The van der Waals surface area contributed by atoms with Crippen LogP contribution in [0.25, 0.3) is 0 Å². The number of rotatable bonds is 6. The number of halogens is 3. The lowest BCUT2D eigenvalue weighted by molar-refractivity contribution is -0.121. The molecule has 0 atom stereocenters. The van der Waals surface area contributed by atoms with Crippen LogP contribution in [-0.4, -0.2) is 50.1 Å². The zero-order chi connectivity index (χ0) is 15.1. The van der Waals surface area contributed by atoms with Crippen LogP contribution in [-0.2, 0) is 11.2 Å².